The van der Waals surface area contributed by atoms with Crippen LogP contribution in [0.3, 0.4) is 0 Å². The molecule has 130 valence electrons. The quantitative estimate of drug-likeness (QED) is 0.753. The first kappa shape index (κ1) is 17.2. The maximum absolute atomic E-state index is 12.3. The van der Waals surface area contributed by atoms with Crippen molar-refractivity contribution in [3.8, 4) is 11.8 Å². The van der Waals surface area contributed by atoms with Crippen molar-refractivity contribution in [2.45, 2.75) is 19.0 Å². The minimum absolute atomic E-state index is 0.0216. The summed E-state index contributed by atoms with van der Waals surface area (Å²) in [5, 5.41) is 9.02. The highest BCUT2D eigenvalue weighted by Crippen LogP contribution is 2.24. The van der Waals surface area contributed by atoms with Crippen molar-refractivity contribution < 1.29 is 18.7 Å². The van der Waals surface area contributed by atoms with E-state index < -0.39 is 0 Å². The fraction of sp³-hybridized carbons (Fsp3) is 0.368. The Morgan fingerprint density at radius 3 is 3.04 bits per heavy atom. The third-order valence-corrected chi connectivity index (χ3v) is 4.36. The van der Waals surface area contributed by atoms with Gasteiger partial charge in [0, 0.05) is 31.1 Å². The van der Waals surface area contributed by atoms with E-state index in [1.807, 2.05) is 6.07 Å². The first-order chi connectivity index (χ1) is 12.2. The normalized spacial score (nSPS) is 17.8. The zero-order chi connectivity index (χ0) is 17.6. The molecular weight excluding hydrogens is 320 g/mol. The van der Waals surface area contributed by atoms with Crippen molar-refractivity contribution in [1.29, 1.82) is 5.26 Å². The smallest absolute Gasteiger partial charge is 0.199 e. The van der Waals surface area contributed by atoms with Crippen LogP contribution < -0.4 is 4.74 Å². The van der Waals surface area contributed by atoms with Crippen LogP contribution in [-0.2, 0) is 11.3 Å². The van der Waals surface area contributed by atoms with Gasteiger partial charge in [-0.3, -0.25) is 9.69 Å². The molecule has 1 aromatic heterocycles. The van der Waals surface area contributed by atoms with E-state index in [-0.39, 0.29) is 11.8 Å². The van der Waals surface area contributed by atoms with Crippen molar-refractivity contribution in [2.75, 3.05) is 26.9 Å². The lowest BCUT2D eigenvalue weighted by Gasteiger charge is -2.35. The van der Waals surface area contributed by atoms with E-state index in [0.717, 1.165) is 12.1 Å². The Hall–Kier alpha value is -2.62. The summed E-state index contributed by atoms with van der Waals surface area (Å²) in [4.78, 5) is 14.6. The molecule has 6 nitrogen and oxygen atoms in total. The molecule has 0 saturated carbocycles. The molecule has 0 bridgehead atoms. The van der Waals surface area contributed by atoms with E-state index in [4.69, 9.17) is 19.2 Å². The van der Waals surface area contributed by atoms with E-state index in [2.05, 4.69) is 11.0 Å². The van der Waals surface area contributed by atoms with Gasteiger partial charge in [-0.25, -0.2) is 0 Å². The van der Waals surface area contributed by atoms with Gasteiger partial charge >= 0.3 is 0 Å². The summed E-state index contributed by atoms with van der Waals surface area (Å²) >= 11 is 0. The summed E-state index contributed by atoms with van der Waals surface area (Å²) in [5.74, 6) is 1.03. The van der Waals surface area contributed by atoms with Gasteiger partial charge in [0.25, 0.3) is 0 Å². The maximum Gasteiger partial charge on any atom is 0.199 e. The van der Waals surface area contributed by atoms with Crippen molar-refractivity contribution in [2.24, 2.45) is 0 Å². The Labute approximate surface area is 146 Å². The van der Waals surface area contributed by atoms with E-state index in [1.54, 1.807) is 31.4 Å². The Morgan fingerprint density at radius 1 is 1.44 bits per heavy atom. The molecule has 0 N–H and O–H groups in total. The molecule has 1 aromatic carbocycles. The second-order valence-electron chi connectivity index (χ2n) is 5.94. The molecule has 6 heteroatoms. The standard InChI is InChI=1S/C19H20N2O4/c1-23-19-9-14(11-20)4-5-15(19)12-21-6-8-24-13-16(21)10-17(22)18-3-2-7-25-18/h2-5,7,9,16H,6,8,10,12-13H2,1H3. The summed E-state index contributed by atoms with van der Waals surface area (Å²) in [6.07, 6.45) is 1.84. The number of carbonyl (C=O) groups is 1. The van der Waals surface area contributed by atoms with Gasteiger partial charge in [0.15, 0.2) is 11.5 Å². The fourth-order valence-electron chi connectivity index (χ4n) is 3.00. The van der Waals surface area contributed by atoms with Crippen LogP contribution in [0.4, 0.5) is 0 Å². The van der Waals surface area contributed by atoms with Crippen LogP contribution in [0.2, 0.25) is 0 Å². The number of nitriles is 1. The zero-order valence-electron chi connectivity index (χ0n) is 14.1. The SMILES string of the molecule is COc1cc(C#N)ccc1CN1CCOCC1CC(=O)c1ccco1. The molecule has 0 amide bonds. The number of morpholine rings is 1. The molecule has 25 heavy (non-hydrogen) atoms. The largest absolute Gasteiger partial charge is 0.496 e. The minimum Gasteiger partial charge on any atom is -0.496 e. The molecule has 1 aliphatic heterocycles. The lowest BCUT2D eigenvalue weighted by Crippen LogP contribution is -2.45. The maximum atomic E-state index is 12.3. The number of methoxy groups -OCH3 is 1. The molecule has 0 spiro atoms. The Morgan fingerprint density at radius 2 is 2.32 bits per heavy atom. The summed E-state index contributed by atoms with van der Waals surface area (Å²) < 4.78 is 16.2. The van der Waals surface area contributed by atoms with Crippen LogP contribution >= 0.6 is 0 Å². The minimum atomic E-state index is -0.0303. The van der Waals surface area contributed by atoms with Gasteiger partial charge in [0.1, 0.15) is 5.75 Å². The van der Waals surface area contributed by atoms with E-state index >= 15 is 0 Å². The second kappa shape index (κ2) is 7.97. The number of carbonyl (C=O) groups excluding carboxylic acids is 1. The first-order valence-electron chi connectivity index (χ1n) is 8.16. The van der Waals surface area contributed by atoms with Gasteiger partial charge in [0.2, 0.25) is 0 Å². The average molecular weight is 340 g/mol. The van der Waals surface area contributed by atoms with Gasteiger partial charge in [-0.1, -0.05) is 6.07 Å². The number of benzene rings is 1. The summed E-state index contributed by atoms with van der Waals surface area (Å²) in [6, 6.07) is 10.9. The molecular formula is C19H20N2O4. The van der Waals surface area contributed by atoms with Gasteiger partial charge in [-0.2, -0.15) is 5.26 Å². The van der Waals surface area contributed by atoms with Crippen molar-refractivity contribution in [3.05, 3.63) is 53.5 Å². The van der Waals surface area contributed by atoms with E-state index in [9.17, 15) is 4.79 Å². The second-order valence-corrected chi connectivity index (χ2v) is 5.94. The molecule has 2 aromatic rings. The third-order valence-electron chi connectivity index (χ3n) is 4.36. The number of furan rings is 1. The fourth-order valence-corrected chi connectivity index (χ4v) is 3.00. The molecule has 2 heterocycles. The summed E-state index contributed by atoms with van der Waals surface area (Å²) in [6.45, 7) is 2.50. The molecule has 0 radical (unpaired) electrons. The number of hydrogen-bond acceptors (Lipinski definition) is 6. The van der Waals surface area contributed by atoms with Crippen LogP contribution in [0.15, 0.2) is 41.0 Å². The van der Waals surface area contributed by atoms with Crippen LogP contribution in [0.25, 0.3) is 0 Å². The van der Waals surface area contributed by atoms with Gasteiger partial charge in [-0.05, 0) is 24.3 Å². The number of rotatable bonds is 6. The molecule has 1 fully saturated rings. The summed E-state index contributed by atoms with van der Waals surface area (Å²) in [7, 11) is 1.59. The van der Waals surface area contributed by atoms with Gasteiger partial charge in [0.05, 0.1) is 38.2 Å². The van der Waals surface area contributed by atoms with Crippen LogP contribution in [0, 0.1) is 11.3 Å². The predicted octanol–water partition coefficient (Wildman–Crippen LogP) is 2.63. The van der Waals surface area contributed by atoms with Crippen molar-refractivity contribution in [1.82, 2.24) is 4.90 Å². The van der Waals surface area contributed by atoms with E-state index in [0.29, 0.717) is 43.3 Å². The average Bonchev–Trinajstić information content (AvgIpc) is 3.18. The topological polar surface area (TPSA) is 75.7 Å². The highest BCUT2D eigenvalue weighted by Gasteiger charge is 2.27. The number of ether oxygens (including phenoxy) is 2. The molecule has 1 unspecified atom stereocenters. The Bertz CT molecular complexity index is 764. The number of hydrogen-bond donors (Lipinski definition) is 0. The molecule has 1 saturated heterocycles. The lowest BCUT2D eigenvalue weighted by atomic mass is 10.0. The lowest BCUT2D eigenvalue weighted by molar-refractivity contribution is -0.0130. The van der Waals surface area contributed by atoms with Gasteiger partial charge < -0.3 is 13.9 Å². The zero-order valence-corrected chi connectivity index (χ0v) is 14.1. The molecule has 3 rings (SSSR count). The van der Waals surface area contributed by atoms with Gasteiger partial charge in [-0.15, -0.1) is 0 Å². The Balaban J connectivity index is 1.73. The highest BCUT2D eigenvalue weighted by molar-refractivity contribution is 5.93. The number of nitrogens with zero attached hydrogens (tertiary/aromatic N) is 2. The molecule has 0 aliphatic carbocycles. The monoisotopic (exact) mass is 340 g/mol. The van der Waals surface area contributed by atoms with Crippen molar-refractivity contribution in [3.63, 3.8) is 0 Å². The number of Topliss-reactive ketones (excluding diaryl/α,β-unsaturated/α-hetero) is 1. The van der Waals surface area contributed by atoms with Crippen LogP contribution in [0.1, 0.15) is 28.1 Å². The predicted molar refractivity (Wildman–Crippen MR) is 90.4 cm³/mol. The number of ketones is 1. The van der Waals surface area contributed by atoms with Crippen molar-refractivity contribution >= 4 is 5.78 Å². The van der Waals surface area contributed by atoms with E-state index in [1.165, 1.54) is 6.26 Å². The highest BCUT2D eigenvalue weighted by atomic mass is 16.5. The Kier molecular flexibility index (Phi) is 5.49. The first-order valence-corrected chi connectivity index (χ1v) is 8.16. The van der Waals surface area contributed by atoms with Crippen LogP contribution in [0.5, 0.6) is 5.75 Å². The molecule has 1 atom stereocenters. The third kappa shape index (κ3) is 4.08. The van der Waals surface area contributed by atoms with Crippen LogP contribution in [-0.4, -0.2) is 43.6 Å². The molecule has 1 aliphatic rings. The summed E-state index contributed by atoms with van der Waals surface area (Å²) in [5.41, 5.74) is 1.55.